The molecule has 6 nitrogen and oxygen atoms in total. The van der Waals surface area contributed by atoms with E-state index in [-0.39, 0.29) is 23.7 Å². The summed E-state index contributed by atoms with van der Waals surface area (Å²) in [5.41, 5.74) is 0. The average molecular weight is 288 g/mol. The molecule has 0 radical (unpaired) electrons. The van der Waals surface area contributed by atoms with Crippen LogP contribution in [-0.2, 0) is 22.7 Å². The van der Waals surface area contributed by atoms with Gasteiger partial charge in [-0.05, 0) is 30.7 Å². The molecule has 2 aromatic rings. The highest BCUT2D eigenvalue weighted by Gasteiger charge is 2.47. The molecule has 0 aromatic carbocycles. The summed E-state index contributed by atoms with van der Waals surface area (Å²) in [6, 6.07) is 7.12. The van der Waals surface area contributed by atoms with Gasteiger partial charge in [-0.1, -0.05) is 0 Å². The molecule has 2 N–H and O–H groups in total. The first kappa shape index (κ1) is 13.5. The molecule has 0 unspecified atom stereocenters. The van der Waals surface area contributed by atoms with E-state index in [1.165, 1.54) is 0 Å². The number of carbonyl (C=O) groups is 2. The van der Waals surface area contributed by atoms with Crippen molar-refractivity contribution in [3.63, 3.8) is 0 Å². The van der Waals surface area contributed by atoms with Gasteiger partial charge in [0, 0.05) is 0 Å². The van der Waals surface area contributed by atoms with Crippen LogP contribution in [0.25, 0.3) is 0 Å². The van der Waals surface area contributed by atoms with Crippen molar-refractivity contribution in [1.82, 2.24) is 10.6 Å². The van der Waals surface area contributed by atoms with Crippen molar-refractivity contribution in [3.05, 3.63) is 48.3 Å². The smallest absolute Gasteiger partial charge is 0.224 e. The Bertz CT molecular complexity index is 549. The SMILES string of the molecule is O=C(NCc1ccco1)[C@@H]1C[C@H]1C(=O)NCc1ccco1. The molecule has 2 heterocycles. The van der Waals surface area contributed by atoms with Crippen molar-refractivity contribution >= 4 is 11.8 Å². The predicted octanol–water partition coefficient (Wildman–Crippen LogP) is 1.44. The standard InChI is InChI=1S/C15H16N2O4/c18-14(16-8-10-3-1-5-20-10)12-7-13(12)15(19)17-9-11-4-2-6-21-11/h1-6,12-13H,7-9H2,(H,16,18)(H,17,19)/t12-,13-/m1/s1. The highest BCUT2D eigenvalue weighted by molar-refractivity contribution is 5.92. The quantitative estimate of drug-likeness (QED) is 0.842. The third-order valence-corrected chi connectivity index (χ3v) is 3.50. The van der Waals surface area contributed by atoms with Crippen molar-refractivity contribution in [1.29, 1.82) is 0 Å². The molecule has 6 heteroatoms. The van der Waals surface area contributed by atoms with E-state index in [1.54, 1.807) is 36.8 Å². The van der Waals surface area contributed by atoms with Crippen LogP contribution < -0.4 is 10.6 Å². The van der Waals surface area contributed by atoms with Gasteiger partial charge in [-0.3, -0.25) is 9.59 Å². The van der Waals surface area contributed by atoms with Crippen molar-refractivity contribution in [2.75, 3.05) is 0 Å². The zero-order chi connectivity index (χ0) is 14.7. The molecule has 0 bridgehead atoms. The predicted molar refractivity (Wildman–Crippen MR) is 72.7 cm³/mol. The number of hydrogen-bond donors (Lipinski definition) is 2. The highest BCUT2D eigenvalue weighted by Crippen LogP contribution is 2.38. The van der Waals surface area contributed by atoms with E-state index < -0.39 is 0 Å². The van der Waals surface area contributed by atoms with Gasteiger partial charge < -0.3 is 19.5 Å². The summed E-state index contributed by atoms with van der Waals surface area (Å²) in [4.78, 5) is 23.8. The summed E-state index contributed by atoms with van der Waals surface area (Å²) < 4.78 is 10.3. The largest absolute Gasteiger partial charge is 0.467 e. The maximum Gasteiger partial charge on any atom is 0.224 e. The van der Waals surface area contributed by atoms with Crippen molar-refractivity contribution < 1.29 is 18.4 Å². The van der Waals surface area contributed by atoms with E-state index in [1.807, 2.05) is 0 Å². The van der Waals surface area contributed by atoms with Crippen LogP contribution in [0.2, 0.25) is 0 Å². The van der Waals surface area contributed by atoms with Crippen molar-refractivity contribution in [3.8, 4) is 0 Å². The molecule has 2 aromatic heterocycles. The van der Waals surface area contributed by atoms with Crippen LogP contribution in [0, 0.1) is 11.8 Å². The second-order valence-electron chi connectivity index (χ2n) is 5.04. The van der Waals surface area contributed by atoms with Crippen LogP contribution in [0.4, 0.5) is 0 Å². The Morgan fingerprint density at radius 2 is 1.43 bits per heavy atom. The molecule has 21 heavy (non-hydrogen) atoms. The Balaban J connectivity index is 1.40. The Morgan fingerprint density at radius 3 is 1.81 bits per heavy atom. The minimum absolute atomic E-state index is 0.107. The Morgan fingerprint density at radius 1 is 0.952 bits per heavy atom. The first-order chi connectivity index (χ1) is 10.2. The normalized spacial score (nSPS) is 20.0. The first-order valence-corrected chi connectivity index (χ1v) is 6.84. The third kappa shape index (κ3) is 3.34. The van der Waals surface area contributed by atoms with Crippen molar-refractivity contribution in [2.24, 2.45) is 11.8 Å². The van der Waals surface area contributed by atoms with Crippen LogP contribution >= 0.6 is 0 Å². The van der Waals surface area contributed by atoms with Crippen LogP contribution in [0.1, 0.15) is 17.9 Å². The van der Waals surface area contributed by atoms with E-state index in [0.717, 1.165) is 0 Å². The molecular formula is C15H16N2O4. The van der Waals surface area contributed by atoms with Crippen LogP contribution in [0.5, 0.6) is 0 Å². The Labute approximate surface area is 121 Å². The summed E-state index contributed by atoms with van der Waals surface area (Å²) in [5.74, 6) is 0.702. The summed E-state index contributed by atoms with van der Waals surface area (Å²) in [5, 5.41) is 5.54. The fourth-order valence-electron chi connectivity index (χ4n) is 2.21. The van der Waals surface area contributed by atoms with Gasteiger partial charge in [0.25, 0.3) is 0 Å². The molecule has 2 atom stereocenters. The van der Waals surface area contributed by atoms with Crippen molar-refractivity contribution in [2.45, 2.75) is 19.5 Å². The molecule has 0 saturated heterocycles. The molecule has 0 spiro atoms. The minimum Gasteiger partial charge on any atom is -0.467 e. The lowest BCUT2D eigenvalue weighted by molar-refractivity contribution is -0.127. The molecule has 0 aliphatic heterocycles. The summed E-state index contributed by atoms with van der Waals surface area (Å²) in [7, 11) is 0. The van der Waals surface area contributed by atoms with E-state index in [4.69, 9.17) is 8.83 Å². The maximum atomic E-state index is 11.9. The zero-order valence-corrected chi connectivity index (χ0v) is 11.4. The molecule has 110 valence electrons. The van der Waals surface area contributed by atoms with Crippen LogP contribution in [-0.4, -0.2) is 11.8 Å². The third-order valence-electron chi connectivity index (χ3n) is 3.50. The van der Waals surface area contributed by atoms with Gasteiger partial charge >= 0.3 is 0 Å². The second-order valence-corrected chi connectivity index (χ2v) is 5.04. The van der Waals surface area contributed by atoms with E-state index >= 15 is 0 Å². The minimum atomic E-state index is -0.239. The fraction of sp³-hybridized carbons (Fsp3) is 0.333. The fourth-order valence-corrected chi connectivity index (χ4v) is 2.21. The molecule has 1 aliphatic rings. The van der Waals surface area contributed by atoms with Gasteiger partial charge in [0.05, 0.1) is 37.5 Å². The molecule has 1 saturated carbocycles. The number of carbonyl (C=O) groups excluding carboxylic acids is 2. The Hall–Kier alpha value is -2.50. The van der Waals surface area contributed by atoms with Crippen LogP contribution in [0.3, 0.4) is 0 Å². The molecular weight excluding hydrogens is 272 g/mol. The highest BCUT2D eigenvalue weighted by atomic mass is 16.3. The molecule has 1 aliphatic carbocycles. The monoisotopic (exact) mass is 288 g/mol. The summed E-state index contributed by atoms with van der Waals surface area (Å²) in [6.07, 6.45) is 3.71. The number of nitrogens with one attached hydrogen (secondary N) is 2. The van der Waals surface area contributed by atoms with E-state index in [0.29, 0.717) is 31.0 Å². The van der Waals surface area contributed by atoms with Gasteiger partial charge in [-0.2, -0.15) is 0 Å². The Kier molecular flexibility index (Phi) is 3.77. The maximum absolute atomic E-state index is 11.9. The summed E-state index contributed by atoms with van der Waals surface area (Å²) in [6.45, 7) is 0.701. The lowest BCUT2D eigenvalue weighted by Crippen LogP contribution is -2.29. The lowest BCUT2D eigenvalue weighted by Gasteiger charge is -2.04. The van der Waals surface area contributed by atoms with E-state index in [9.17, 15) is 9.59 Å². The average Bonchev–Trinajstić information content (AvgIpc) is 2.91. The number of hydrogen-bond acceptors (Lipinski definition) is 4. The molecule has 2 amide bonds. The number of rotatable bonds is 6. The molecule has 1 fully saturated rings. The van der Waals surface area contributed by atoms with Gasteiger partial charge in [0.2, 0.25) is 11.8 Å². The zero-order valence-electron chi connectivity index (χ0n) is 11.4. The first-order valence-electron chi connectivity index (χ1n) is 6.84. The van der Waals surface area contributed by atoms with E-state index in [2.05, 4.69) is 10.6 Å². The van der Waals surface area contributed by atoms with Gasteiger partial charge in [0.15, 0.2) is 0 Å². The van der Waals surface area contributed by atoms with Gasteiger partial charge in [0.1, 0.15) is 11.5 Å². The topological polar surface area (TPSA) is 84.5 Å². The number of amides is 2. The second kappa shape index (κ2) is 5.87. The number of furan rings is 2. The molecule has 3 rings (SSSR count). The van der Waals surface area contributed by atoms with Crippen LogP contribution in [0.15, 0.2) is 45.6 Å². The summed E-state index contributed by atoms with van der Waals surface area (Å²) >= 11 is 0. The van der Waals surface area contributed by atoms with Gasteiger partial charge in [-0.15, -0.1) is 0 Å². The van der Waals surface area contributed by atoms with Gasteiger partial charge in [-0.25, -0.2) is 0 Å². The lowest BCUT2D eigenvalue weighted by atomic mass is 10.2.